The Morgan fingerprint density at radius 2 is 2.35 bits per heavy atom. The van der Waals surface area contributed by atoms with Crippen LogP contribution in [0.3, 0.4) is 0 Å². The Kier molecular flexibility index (Phi) is 3.15. The Balaban J connectivity index is 1.87. The molecule has 102 valence electrons. The van der Waals surface area contributed by atoms with Gasteiger partial charge >= 0.3 is 0 Å². The second kappa shape index (κ2) is 4.97. The number of nitrogens with zero attached hydrogens (tertiary/aromatic N) is 3. The van der Waals surface area contributed by atoms with Gasteiger partial charge < -0.3 is 5.32 Å². The molecule has 1 atom stereocenters. The molecule has 5 heteroatoms. The third-order valence-corrected chi connectivity index (χ3v) is 3.65. The minimum Gasteiger partial charge on any atom is -0.376 e. The predicted molar refractivity (Wildman–Crippen MR) is 73.6 cm³/mol. The van der Waals surface area contributed by atoms with Crippen molar-refractivity contribution in [3.8, 4) is 6.07 Å². The third-order valence-electron chi connectivity index (χ3n) is 3.65. The summed E-state index contributed by atoms with van der Waals surface area (Å²) in [6.45, 7) is 0. The van der Waals surface area contributed by atoms with Crippen molar-refractivity contribution in [2.45, 2.75) is 25.3 Å². The molecule has 3 rings (SSSR count). The largest absolute Gasteiger partial charge is 0.376 e. The molecule has 0 fully saturated rings. The van der Waals surface area contributed by atoms with Crippen molar-refractivity contribution in [1.82, 2.24) is 9.78 Å². The second-order valence-electron chi connectivity index (χ2n) is 5.10. The molecule has 4 nitrogen and oxygen atoms in total. The summed E-state index contributed by atoms with van der Waals surface area (Å²) in [6.07, 6.45) is 4.97. The van der Waals surface area contributed by atoms with Gasteiger partial charge in [-0.15, -0.1) is 0 Å². The summed E-state index contributed by atoms with van der Waals surface area (Å²) < 4.78 is 15.7. The van der Waals surface area contributed by atoms with E-state index >= 15 is 0 Å². The average Bonchev–Trinajstić information content (AvgIpc) is 2.82. The molecule has 0 bridgehead atoms. The van der Waals surface area contributed by atoms with Crippen LogP contribution < -0.4 is 5.32 Å². The number of hydrogen-bond donors (Lipinski definition) is 1. The molecule has 1 aliphatic carbocycles. The maximum Gasteiger partial charge on any atom is 0.147 e. The zero-order valence-corrected chi connectivity index (χ0v) is 11.2. The van der Waals surface area contributed by atoms with Gasteiger partial charge in [-0.2, -0.15) is 10.4 Å². The van der Waals surface area contributed by atoms with Crippen LogP contribution in [0.2, 0.25) is 0 Å². The Morgan fingerprint density at radius 1 is 1.50 bits per heavy atom. The van der Waals surface area contributed by atoms with E-state index in [2.05, 4.69) is 10.4 Å². The van der Waals surface area contributed by atoms with Gasteiger partial charge in [0.2, 0.25) is 0 Å². The van der Waals surface area contributed by atoms with E-state index in [1.165, 1.54) is 6.07 Å². The molecule has 0 spiro atoms. The number of anilines is 1. The molecule has 1 heterocycles. The lowest BCUT2D eigenvalue weighted by Gasteiger charge is -2.24. The second-order valence-corrected chi connectivity index (χ2v) is 5.10. The third kappa shape index (κ3) is 2.25. The highest BCUT2D eigenvalue weighted by Gasteiger charge is 2.23. The summed E-state index contributed by atoms with van der Waals surface area (Å²) in [7, 11) is 1.90. The number of rotatable bonds is 2. The molecule has 20 heavy (non-hydrogen) atoms. The molecule has 0 unspecified atom stereocenters. The van der Waals surface area contributed by atoms with Crippen LogP contribution in [0.25, 0.3) is 0 Å². The molecule has 0 saturated heterocycles. The van der Waals surface area contributed by atoms with Crippen molar-refractivity contribution in [2.24, 2.45) is 7.05 Å². The van der Waals surface area contributed by atoms with Crippen LogP contribution in [0.1, 0.15) is 35.7 Å². The number of nitrogens with one attached hydrogen (secondary N) is 1. The number of aromatic nitrogens is 2. The van der Waals surface area contributed by atoms with E-state index < -0.39 is 0 Å². The zero-order valence-electron chi connectivity index (χ0n) is 11.2. The van der Waals surface area contributed by atoms with Crippen LogP contribution in [0.4, 0.5) is 10.1 Å². The summed E-state index contributed by atoms with van der Waals surface area (Å²) in [5, 5.41) is 16.4. The van der Waals surface area contributed by atoms with Gasteiger partial charge in [0.05, 0.1) is 29.1 Å². The molecule has 0 amide bonds. The summed E-state index contributed by atoms with van der Waals surface area (Å²) in [6, 6.07) is 6.52. The molecule has 0 aliphatic heterocycles. The molecule has 1 aromatic carbocycles. The van der Waals surface area contributed by atoms with Gasteiger partial charge in [0, 0.05) is 18.8 Å². The highest BCUT2D eigenvalue weighted by Crippen LogP contribution is 2.32. The van der Waals surface area contributed by atoms with Gasteiger partial charge in [0.15, 0.2) is 0 Å². The first-order valence-corrected chi connectivity index (χ1v) is 6.66. The summed E-state index contributed by atoms with van der Waals surface area (Å²) in [4.78, 5) is 0. The number of fused-ring (bicyclic) bond motifs is 1. The summed E-state index contributed by atoms with van der Waals surface area (Å²) in [5.41, 5.74) is 3.00. The van der Waals surface area contributed by atoms with E-state index in [9.17, 15) is 4.39 Å². The fourth-order valence-corrected chi connectivity index (χ4v) is 2.71. The smallest absolute Gasteiger partial charge is 0.147 e. The van der Waals surface area contributed by atoms with E-state index in [4.69, 9.17) is 5.26 Å². The van der Waals surface area contributed by atoms with E-state index in [1.807, 2.05) is 19.3 Å². The Labute approximate surface area is 116 Å². The molecule has 2 aromatic rings. The van der Waals surface area contributed by atoms with Gasteiger partial charge in [-0.1, -0.05) is 0 Å². The van der Waals surface area contributed by atoms with Gasteiger partial charge in [0.1, 0.15) is 5.82 Å². The summed E-state index contributed by atoms with van der Waals surface area (Å²) in [5.74, 6) is -0.389. The van der Waals surface area contributed by atoms with Gasteiger partial charge in [-0.05, 0) is 37.5 Å². The molecular formula is C15H15FN4. The predicted octanol–water partition coefficient (Wildman–Crippen LogP) is 2.92. The van der Waals surface area contributed by atoms with Crippen molar-refractivity contribution >= 4 is 5.69 Å². The maximum absolute atomic E-state index is 13.9. The molecular weight excluding hydrogens is 255 g/mol. The van der Waals surface area contributed by atoms with Crippen LogP contribution in [0.5, 0.6) is 0 Å². The topological polar surface area (TPSA) is 53.6 Å². The van der Waals surface area contributed by atoms with E-state index in [1.54, 1.807) is 16.8 Å². The highest BCUT2D eigenvalue weighted by molar-refractivity contribution is 5.50. The Morgan fingerprint density at radius 3 is 3.10 bits per heavy atom. The maximum atomic E-state index is 13.9. The van der Waals surface area contributed by atoms with Gasteiger partial charge in [-0.25, -0.2) is 4.39 Å². The van der Waals surface area contributed by atoms with Crippen molar-refractivity contribution < 1.29 is 4.39 Å². The standard InChI is InChI=1S/C15H15FN4/c1-20-9-11-13(3-2-4-14(11)19-20)18-15-6-5-10(8-17)7-12(15)16/h5-7,9,13,18H,2-4H2,1H3/t13-/m1/s1. The van der Waals surface area contributed by atoms with Crippen LogP contribution >= 0.6 is 0 Å². The molecule has 0 radical (unpaired) electrons. The first-order chi connectivity index (χ1) is 9.67. The number of halogens is 1. The first kappa shape index (κ1) is 12.7. The van der Waals surface area contributed by atoms with Gasteiger partial charge in [0.25, 0.3) is 0 Å². The number of nitriles is 1. The molecule has 1 N–H and O–H groups in total. The zero-order chi connectivity index (χ0) is 14.1. The fraction of sp³-hybridized carbons (Fsp3) is 0.333. The van der Waals surface area contributed by atoms with Crippen molar-refractivity contribution in [3.05, 3.63) is 47.0 Å². The monoisotopic (exact) mass is 270 g/mol. The van der Waals surface area contributed by atoms with E-state index in [0.29, 0.717) is 11.3 Å². The lowest BCUT2D eigenvalue weighted by molar-refractivity contribution is 0.581. The van der Waals surface area contributed by atoms with Crippen molar-refractivity contribution in [1.29, 1.82) is 5.26 Å². The van der Waals surface area contributed by atoms with Crippen LogP contribution in [0, 0.1) is 17.1 Å². The van der Waals surface area contributed by atoms with E-state index in [0.717, 1.165) is 30.5 Å². The lowest BCUT2D eigenvalue weighted by Crippen LogP contribution is -2.17. The highest BCUT2D eigenvalue weighted by atomic mass is 19.1. The quantitative estimate of drug-likeness (QED) is 0.912. The lowest BCUT2D eigenvalue weighted by atomic mass is 9.93. The van der Waals surface area contributed by atoms with Crippen molar-refractivity contribution in [3.63, 3.8) is 0 Å². The normalized spacial score (nSPS) is 17.4. The Bertz CT molecular complexity index is 684. The molecule has 1 aliphatic rings. The first-order valence-electron chi connectivity index (χ1n) is 6.66. The average molecular weight is 270 g/mol. The number of hydrogen-bond acceptors (Lipinski definition) is 3. The molecule has 1 aromatic heterocycles. The minimum absolute atomic E-state index is 0.0786. The van der Waals surface area contributed by atoms with Crippen molar-refractivity contribution in [2.75, 3.05) is 5.32 Å². The SMILES string of the molecule is Cn1cc2c(n1)CCC[C@H]2Nc1ccc(C#N)cc1F. The molecule has 0 saturated carbocycles. The van der Waals surface area contributed by atoms with Crippen LogP contribution in [-0.4, -0.2) is 9.78 Å². The number of benzene rings is 1. The van der Waals surface area contributed by atoms with Crippen LogP contribution in [0.15, 0.2) is 24.4 Å². The minimum atomic E-state index is -0.389. The van der Waals surface area contributed by atoms with Crippen LogP contribution in [-0.2, 0) is 13.5 Å². The van der Waals surface area contributed by atoms with E-state index in [-0.39, 0.29) is 11.9 Å². The van der Waals surface area contributed by atoms with Gasteiger partial charge in [-0.3, -0.25) is 4.68 Å². The summed E-state index contributed by atoms with van der Waals surface area (Å²) >= 11 is 0. The fourth-order valence-electron chi connectivity index (χ4n) is 2.71. The Hall–Kier alpha value is -2.35. The number of aryl methyl sites for hydroxylation is 2.